The fourth-order valence-electron chi connectivity index (χ4n) is 2.38. The molecule has 1 aliphatic rings. The first kappa shape index (κ1) is 13.1. The molecule has 2 aromatic rings. The van der Waals surface area contributed by atoms with Crippen molar-refractivity contribution in [1.82, 2.24) is 0 Å². The highest BCUT2D eigenvalue weighted by atomic mass is 79.9. The van der Waals surface area contributed by atoms with E-state index in [2.05, 4.69) is 15.9 Å². The average Bonchev–Trinajstić information content (AvgIpc) is 2.84. The van der Waals surface area contributed by atoms with Gasteiger partial charge in [-0.2, -0.15) is 0 Å². The molecule has 20 heavy (non-hydrogen) atoms. The maximum absolute atomic E-state index is 13.4. The van der Waals surface area contributed by atoms with Crippen LogP contribution < -0.4 is 10.6 Å². The van der Waals surface area contributed by atoms with E-state index in [9.17, 15) is 9.18 Å². The summed E-state index contributed by atoms with van der Waals surface area (Å²) in [6.07, 6.45) is 0.748. The molecular weight excluding hydrogens is 323 g/mol. The number of nitrogen functional groups attached to an aromatic ring is 1. The molecule has 5 heteroatoms. The topological polar surface area (TPSA) is 46.3 Å². The van der Waals surface area contributed by atoms with Gasteiger partial charge in [0.2, 0.25) is 0 Å². The second kappa shape index (κ2) is 4.90. The predicted octanol–water partition coefficient (Wildman–Crippen LogP) is 3.37. The molecule has 1 heterocycles. The third-order valence-electron chi connectivity index (χ3n) is 3.44. The summed E-state index contributed by atoms with van der Waals surface area (Å²) in [5.74, 6) is -0.475. The van der Waals surface area contributed by atoms with E-state index < -0.39 is 0 Å². The van der Waals surface area contributed by atoms with Crippen LogP contribution in [0, 0.1) is 5.82 Å². The second-order valence-electron chi connectivity index (χ2n) is 4.72. The third-order valence-corrected chi connectivity index (χ3v) is 4.12. The molecule has 2 N–H and O–H groups in total. The van der Waals surface area contributed by atoms with E-state index >= 15 is 0 Å². The molecule has 2 aromatic carbocycles. The van der Waals surface area contributed by atoms with Crippen LogP contribution in [-0.4, -0.2) is 12.5 Å². The van der Waals surface area contributed by atoms with E-state index in [4.69, 9.17) is 5.73 Å². The number of carbonyl (C=O) groups excluding carboxylic acids is 1. The molecule has 0 aromatic heterocycles. The van der Waals surface area contributed by atoms with Gasteiger partial charge in [0.05, 0.1) is 5.69 Å². The Balaban J connectivity index is 1.97. The van der Waals surface area contributed by atoms with Crippen molar-refractivity contribution in [3.63, 3.8) is 0 Å². The van der Waals surface area contributed by atoms with Crippen LogP contribution in [-0.2, 0) is 6.42 Å². The summed E-state index contributed by atoms with van der Waals surface area (Å²) >= 11 is 3.31. The van der Waals surface area contributed by atoms with Crippen molar-refractivity contribution in [3.05, 3.63) is 57.8 Å². The van der Waals surface area contributed by atoms with Crippen LogP contribution in [0.15, 0.2) is 40.9 Å². The molecule has 0 saturated carbocycles. The van der Waals surface area contributed by atoms with E-state index in [-0.39, 0.29) is 11.7 Å². The minimum Gasteiger partial charge on any atom is -0.398 e. The molecule has 0 bridgehead atoms. The Morgan fingerprint density at radius 2 is 2.05 bits per heavy atom. The SMILES string of the molecule is Nc1ccc(C(=O)N2CCc3ccc(F)cc32)cc1Br. The highest BCUT2D eigenvalue weighted by Gasteiger charge is 2.26. The lowest BCUT2D eigenvalue weighted by atomic mass is 10.1. The van der Waals surface area contributed by atoms with Crippen molar-refractivity contribution in [2.24, 2.45) is 0 Å². The molecule has 0 unspecified atom stereocenters. The van der Waals surface area contributed by atoms with Crippen molar-refractivity contribution in [3.8, 4) is 0 Å². The molecule has 3 rings (SSSR count). The molecular formula is C15H12BrFN2O. The van der Waals surface area contributed by atoms with Crippen LogP contribution in [0.25, 0.3) is 0 Å². The van der Waals surface area contributed by atoms with Gasteiger partial charge in [0.25, 0.3) is 5.91 Å². The molecule has 1 aliphatic heterocycles. The fourth-order valence-corrected chi connectivity index (χ4v) is 2.76. The lowest BCUT2D eigenvalue weighted by Gasteiger charge is -2.17. The van der Waals surface area contributed by atoms with Crippen molar-refractivity contribution in [1.29, 1.82) is 0 Å². The van der Waals surface area contributed by atoms with Crippen LogP contribution >= 0.6 is 15.9 Å². The number of nitrogens with zero attached hydrogens (tertiary/aromatic N) is 1. The van der Waals surface area contributed by atoms with Crippen LogP contribution in [0.3, 0.4) is 0 Å². The molecule has 1 amide bonds. The maximum Gasteiger partial charge on any atom is 0.258 e. The summed E-state index contributed by atoms with van der Waals surface area (Å²) in [5.41, 5.74) is 8.48. The molecule has 0 atom stereocenters. The Morgan fingerprint density at radius 3 is 2.80 bits per heavy atom. The fraction of sp³-hybridized carbons (Fsp3) is 0.133. The number of hydrogen-bond acceptors (Lipinski definition) is 2. The van der Waals surface area contributed by atoms with E-state index in [1.807, 2.05) is 0 Å². The zero-order valence-corrected chi connectivity index (χ0v) is 12.2. The maximum atomic E-state index is 13.4. The first-order valence-corrected chi connectivity index (χ1v) is 7.01. The summed E-state index contributed by atoms with van der Waals surface area (Å²) in [6.45, 7) is 0.569. The number of anilines is 2. The van der Waals surface area contributed by atoms with Crippen LogP contribution in [0.4, 0.5) is 15.8 Å². The van der Waals surface area contributed by atoms with Gasteiger partial charge < -0.3 is 10.6 Å². The Labute approximate surface area is 124 Å². The number of rotatable bonds is 1. The van der Waals surface area contributed by atoms with Gasteiger partial charge in [-0.3, -0.25) is 4.79 Å². The Kier molecular flexibility index (Phi) is 3.22. The zero-order valence-electron chi connectivity index (χ0n) is 10.6. The van der Waals surface area contributed by atoms with E-state index in [0.717, 1.165) is 12.0 Å². The van der Waals surface area contributed by atoms with Gasteiger partial charge in [-0.05, 0) is 58.2 Å². The predicted molar refractivity (Wildman–Crippen MR) is 80.3 cm³/mol. The van der Waals surface area contributed by atoms with E-state index in [1.54, 1.807) is 29.2 Å². The van der Waals surface area contributed by atoms with Crippen molar-refractivity contribution in [2.75, 3.05) is 17.2 Å². The van der Waals surface area contributed by atoms with Gasteiger partial charge >= 0.3 is 0 Å². The highest BCUT2D eigenvalue weighted by molar-refractivity contribution is 9.10. The lowest BCUT2D eigenvalue weighted by Crippen LogP contribution is -2.28. The minimum atomic E-state index is -0.332. The van der Waals surface area contributed by atoms with Crippen molar-refractivity contribution < 1.29 is 9.18 Å². The van der Waals surface area contributed by atoms with E-state index in [0.29, 0.717) is 28.0 Å². The lowest BCUT2D eigenvalue weighted by molar-refractivity contribution is 0.0989. The van der Waals surface area contributed by atoms with Crippen LogP contribution in [0.5, 0.6) is 0 Å². The largest absolute Gasteiger partial charge is 0.398 e. The summed E-state index contributed by atoms with van der Waals surface area (Å²) in [4.78, 5) is 14.1. The van der Waals surface area contributed by atoms with Gasteiger partial charge in [0.1, 0.15) is 5.82 Å². The number of hydrogen-bond donors (Lipinski definition) is 1. The normalized spacial score (nSPS) is 13.4. The molecule has 0 fully saturated rings. The minimum absolute atomic E-state index is 0.143. The molecule has 0 radical (unpaired) electrons. The van der Waals surface area contributed by atoms with Crippen molar-refractivity contribution in [2.45, 2.75) is 6.42 Å². The standard InChI is InChI=1S/C15H12BrFN2O/c16-12-7-10(2-4-13(12)18)15(20)19-6-5-9-1-3-11(17)8-14(9)19/h1-4,7-8H,5-6,18H2. The summed E-state index contributed by atoms with van der Waals surface area (Å²) in [7, 11) is 0. The monoisotopic (exact) mass is 334 g/mol. The smallest absolute Gasteiger partial charge is 0.258 e. The molecule has 102 valence electrons. The summed E-state index contributed by atoms with van der Waals surface area (Å²) in [5, 5.41) is 0. The molecule has 0 spiro atoms. The number of halogens is 2. The Hall–Kier alpha value is -1.88. The first-order valence-electron chi connectivity index (χ1n) is 6.21. The molecule has 0 saturated heterocycles. The van der Waals surface area contributed by atoms with Crippen LogP contribution in [0.2, 0.25) is 0 Å². The number of nitrogens with two attached hydrogens (primary N) is 1. The van der Waals surface area contributed by atoms with Gasteiger partial charge in [-0.1, -0.05) is 6.07 Å². The Bertz CT molecular complexity index is 702. The Morgan fingerprint density at radius 1 is 1.25 bits per heavy atom. The van der Waals surface area contributed by atoms with Gasteiger partial charge in [0.15, 0.2) is 0 Å². The quantitative estimate of drug-likeness (QED) is 0.812. The number of carbonyl (C=O) groups is 1. The van der Waals surface area contributed by atoms with Gasteiger partial charge in [-0.15, -0.1) is 0 Å². The van der Waals surface area contributed by atoms with Crippen molar-refractivity contribution >= 4 is 33.2 Å². The zero-order chi connectivity index (χ0) is 14.3. The second-order valence-corrected chi connectivity index (χ2v) is 5.57. The van der Waals surface area contributed by atoms with Gasteiger partial charge in [-0.25, -0.2) is 4.39 Å². The van der Waals surface area contributed by atoms with E-state index in [1.165, 1.54) is 12.1 Å². The third kappa shape index (κ3) is 2.18. The summed E-state index contributed by atoms with van der Waals surface area (Å²) < 4.78 is 14.0. The van der Waals surface area contributed by atoms with Crippen LogP contribution in [0.1, 0.15) is 15.9 Å². The number of amides is 1. The highest BCUT2D eigenvalue weighted by Crippen LogP contribution is 2.31. The van der Waals surface area contributed by atoms with Gasteiger partial charge in [0, 0.05) is 22.3 Å². The molecule has 0 aliphatic carbocycles. The molecule has 3 nitrogen and oxygen atoms in total. The summed E-state index contributed by atoms with van der Waals surface area (Å²) in [6, 6.07) is 9.62. The number of fused-ring (bicyclic) bond motifs is 1. The number of benzene rings is 2. The average molecular weight is 335 g/mol. The first-order chi connectivity index (χ1) is 9.56.